The van der Waals surface area contributed by atoms with Crippen LogP contribution in [-0.4, -0.2) is 29.2 Å². The summed E-state index contributed by atoms with van der Waals surface area (Å²) < 4.78 is 10.5. The Balaban J connectivity index is 1.54. The van der Waals surface area contributed by atoms with E-state index >= 15 is 0 Å². The molecule has 0 saturated carbocycles. The number of aromatic nitrogens is 3. The van der Waals surface area contributed by atoms with E-state index in [0.29, 0.717) is 5.65 Å². The Hall–Kier alpha value is -3.03. The number of nitrogens with zero attached hydrogens (tertiary/aromatic N) is 3. The van der Waals surface area contributed by atoms with Gasteiger partial charge in [0, 0.05) is 10.4 Å². The number of rotatable bonds is 4. The first-order valence-corrected chi connectivity index (χ1v) is 10.2. The summed E-state index contributed by atoms with van der Waals surface area (Å²) >= 11 is 3.17. The van der Waals surface area contributed by atoms with E-state index < -0.39 is 0 Å². The maximum Gasteiger partial charge on any atom is 0.191 e. The van der Waals surface area contributed by atoms with Gasteiger partial charge in [-0.3, -0.25) is 0 Å². The monoisotopic (exact) mass is 405 g/mol. The van der Waals surface area contributed by atoms with E-state index in [1.165, 1.54) is 0 Å². The highest BCUT2D eigenvalue weighted by Gasteiger charge is 2.13. The molecule has 0 saturated heterocycles. The van der Waals surface area contributed by atoms with Crippen LogP contribution in [0.15, 0.2) is 54.6 Å². The SMILES string of the molecule is COc1ccc(-c2cc3nc4sc(-c5ccc(OC)cc5)nc4nc3s2)cc1. The Morgan fingerprint density at radius 2 is 1.32 bits per heavy atom. The van der Waals surface area contributed by atoms with Gasteiger partial charge in [-0.25, -0.2) is 15.0 Å². The smallest absolute Gasteiger partial charge is 0.191 e. The summed E-state index contributed by atoms with van der Waals surface area (Å²) in [6.45, 7) is 0. The summed E-state index contributed by atoms with van der Waals surface area (Å²) in [4.78, 5) is 17.1. The molecule has 138 valence electrons. The van der Waals surface area contributed by atoms with Crippen LogP contribution in [0.2, 0.25) is 0 Å². The van der Waals surface area contributed by atoms with Gasteiger partial charge >= 0.3 is 0 Å². The first-order valence-electron chi connectivity index (χ1n) is 8.60. The second kappa shape index (κ2) is 6.85. The molecule has 5 nitrogen and oxygen atoms in total. The van der Waals surface area contributed by atoms with Gasteiger partial charge in [-0.15, -0.1) is 11.3 Å². The number of fused-ring (bicyclic) bond motifs is 2. The minimum Gasteiger partial charge on any atom is -0.497 e. The van der Waals surface area contributed by atoms with Crippen molar-refractivity contribution in [2.45, 2.75) is 0 Å². The first kappa shape index (κ1) is 17.1. The maximum atomic E-state index is 5.23. The molecule has 5 rings (SSSR count). The van der Waals surface area contributed by atoms with Crippen LogP contribution in [0.1, 0.15) is 0 Å². The van der Waals surface area contributed by atoms with Crippen molar-refractivity contribution in [2.24, 2.45) is 0 Å². The second-order valence-electron chi connectivity index (χ2n) is 6.13. The van der Waals surface area contributed by atoms with Crippen molar-refractivity contribution in [2.75, 3.05) is 14.2 Å². The largest absolute Gasteiger partial charge is 0.497 e. The summed E-state index contributed by atoms with van der Waals surface area (Å²) in [5.41, 5.74) is 3.74. The Kier molecular flexibility index (Phi) is 4.18. The van der Waals surface area contributed by atoms with E-state index in [0.717, 1.165) is 47.7 Å². The lowest BCUT2D eigenvalue weighted by atomic mass is 10.2. The predicted molar refractivity (Wildman–Crippen MR) is 115 cm³/mol. The van der Waals surface area contributed by atoms with Crippen LogP contribution in [0.5, 0.6) is 11.5 Å². The van der Waals surface area contributed by atoms with Crippen molar-refractivity contribution >= 4 is 43.5 Å². The number of thiazole rings is 1. The molecule has 2 aromatic carbocycles. The lowest BCUT2D eigenvalue weighted by Gasteiger charge is -2.00. The zero-order valence-electron chi connectivity index (χ0n) is 15.2. The van der Waals surface area contributed by atoms with Gasteiger partial charge in [-0.2, -0.15) is 0 Å². The summed E-state index contributed by atoms with van der Waals surface area (Å²) in [7, 11) is 3.33. The molecule has 7 heteroatoms. The van der Waals surface area contributed by atoms with Gasteiger partial charge < -0.3 is 9.47 Å². The van der Waals surface area contributed by atoms with Crippen LogP contribution in [0.4, 0.5) is 0 Å². The predicted octanol–water partition coefficient (Wildman–Crippen LogP) is 5.65. The number of methoxy groups -OCH3 is 2. The number of benzene rings is 2. The molecule has 0 N–H and O–H groups in total. The van der Waals surface area contributed by atoms with Gasteiger partial charge in [-0.1, -0.05) is 11.3 Å². The van der Waals surface area contributed by atoms with Gasteiger partial charge in [-0.05, 0) is 60.2 Å². The fourth-order valence-electron chi connectivity index (χ4n) is 2.94. The Morgan fingerprint density at radius 3 is 1.96 bits per heavy atom. The quantitative estimate of drug-likeness (QED) is 0.387. The summed E-state index contributed by atoms with van der Waals surface area (Å²) in [5, 5.41) is 0.908. The van der Waals surface area contributed by atoms with Crippen molar-refractivity contribution in [1.29, 1.82) is 0 Å². The highest BCUT2D eigenvalue weighted by atomic mass is 32.1. The number of thiophene rings is 1. The van der Waals surface area contributed by atoms with Crippen LogP contribution in [0, 0.1) is 0 Å². The molecule has 0 aliphatic carbocycles. The fourth-order valence-corrected chi connectivity index (χ4v) is 4.81. The van der Waals surface area contributed by atoms with Crippen LogP contribution in [-0.2, 0) is 0 Å². The Labute approximate surface area is 169 Å². The molecular formula is C21H15N3O2S2. The standard InChI is InChI=1S/C21H15N3O2S2/c1-25-14-7-3-12(4-8-14)17-11-16-20(27-17)24-18-21(22-16)28-19(23-18)13-5-9-15(26-2)10-6-13/h3-11H,1-2H3. The third-order valence-corrected chi connectivity index (χ3v) is 6.48. The van der Waals surface area contributed by atoms with Crippen molar-refractivity contribution in [1.82, 2.24) is 15.0 Å². The van der Waals surface area contributed by atoms with Gasteiger partial charge in [0.1, 0.15) is 26.9 Å². The molecule has 28 heavy (non-hydrogen) atoms. The van der Waals surface area contributed by atoms with E-state index in [1.54, 1.807) is 36.9 Å². The zero-order valence-corrected chi connectivity index (χ0v) is 16.8. The van der Waals surface area contributed by atoms with Crippen molar-refractivity contribution < 1.29 is 9.47 Å². The average molecular weight is 406 g/mol. The normalized spacial score (nSPS) is 11.2. The first-order chi connectivity index (χ1) is 13.7. The van der Waals surface area contributed by atoms with E-state index in [9.17, 15) is 0 Å². The van der Waals surface area contributed by atoms with Gasteiger partial charge in [0.15, 0.2) is 10.5 Å². The topological polar surface area (TPSA) is 57.1 Å². The molecule has 0 spiro atoms. The third-order valence-electron chi connectivity index (χ3n) is 4.43. The summed E-state index contributed by atoms with van der Waals surface area (Å²) in [5.74, 6) is 1.67. The van der Waals surface area contributed by atoms with Crippen molar-refractivity contribution in [3.05, 3.63) is 54.6 Å². The third kappa shape index (κ3) is 2.98. The molecule has 0 fully saturated rings. The highest BCUT2D eigenvalue weighted by molar-refractivity contribution is 7.22. The second-order valence-corrected chi connectivity index (χ2v) is 8.14. The molecule has 0 radical (unpaired) electrons. The van der Waals surface area contributed by atoms with Crippen LogP contribution in [0.3, 0.4) is 0 Å². The van der Waals surface area contributed by atoms with Crippen LogP contribution < -0.4 is 9.47 Å². The van der Waals surface area contributed by atoms with Crippen molar-refractivity contribution in [3.63, 3.8) is 0 Å². The molecular weight excluding hydrogens is 390 g/mol. The molecule has 0 aliphatic heterocycles. The van der Waals surface area contributed by atoms with Gasteiger partial charge in [0.25, 0.3) is 0 Å². The molecule has 0 atom stereocenters. The summed E-state index contributed by atoms with van der Waals surface area (Å²) in [6.07, 6.45) is 0. The maximum absolute atomic E-state index is 5.23. The molecule has 3 heterocycles. The van der Waals surface area contributed by atoms with E-state index in [2.05, 4.69) is 11.1 Å². The minimum atomic E-state index is 0.687. The Bertz CT molecular complexity index is 1130. The van der Waals surface area contributed by atoms with E-state index in [4.69, 9.17) is 19.4 Å². The summed E-state index contributed by atoms with van der Waals surface area (Å²) in [6, 6.07) is 18.0. The van der Waals surface area contributed by atoms with Crippen LogP contribution >= 0.6 is 22.7 Å². The minimum absolute atomic E-state index is 0.687. The molecule has 5 aromatic rings. The number of hydrogen-bond donors (Lipinski definition) is 0. The van der Waals surface area contributed by atoms with E-state index in [1.807, 2.05) is 48.5 Å². The molecule has 0 aliphatic rings. The van der Waals surface area contributed by atoms with Gasteiger partial charge in [0.2, 0.25) is 0 Å². The highest BCUT2D eigenvalue weighted by Crippen LogP contribution is 2.35. The van der Waals surface area contributed by atoms with Crippen molar-refractivity contribution in [3.8, 4) is 32.5 Å². The average Bonchev–Trinajstić information content (AvgIpc) is 3.35. The Morgan fingerprint density at radius 1 is 0.679 bits per heavy atom. The molecule has 3 aromatic heterocycles. The molecule has 0 bridgehead atoms. The number of hydrogen-bond acceptors (Lipinski definition) is 7. The van der Waals surface area contributed by atoms with Crippen LogP contribution in [0.25, 0.3) is 41.8 Å². The van der Waals surface area contributed by atoms with E-state index in [-0.39, 0.29) is 0 Å². The lowest BCUT2D eigenvalue weighted by molar-refractivity contribution is 0.415. The lowest BCUT2D eigenvalue weighted by Crippen LogP contribution is -1.82. The van der Waals surface area contributed by atoms with Gasteiger partial charge in [0.05, 0.1) is 14.2 Å². The molecule has 0 unspecified atom stereocenters. The fraction of sp³-hybridized carbons (Fsp3) is 0.0952. The number of ether oxygens (including phenoxy) is 2. The molecule has 0 amide bonds. The zero-order chi connectivity index (χ0) is 19.1.